The van der Waals surface area contributed by atoms with Gasteiger partial charge in [0.05, 0.1) is 34.0 Å². The van der Waals surface area contributed by atoms with Gasteiger partial charge in [0.25, 0.3) is 5.91 Å². The molecule has 2 aliphatic rings. The summed E-state index contributed by atoms with van der Waals surface area (Å²) in [4.78, 5) is 14.9. The van der Waals surface area contributed by atoms with Crippen LogP contribution in [0.3, 0.4) is 0 Å². The van der Waals surface area contributed by atoms with Crippen molar-refractivity contribution >= 4 is 37.1 Å². The summed E-state index contributed by atoms with van der Waals surface area (Å²) >= 11 is 0. The Kier molecular flexibility index (Phi) is 6.40. The van der Waals surface area contributed by atoms with Crippen LogP contribution in [-0.2, 0) is 31.2 Å². The maximum Gasteiger partial charge on any atom is 0.260 e. The number of hydrogen-bond donors (Lipinski definition) is 3. The first kappa shape index (κ1) is 26.7. The van der Waals surface area contributed by atoms with Gasteiger partial charge in [0.2, 0.25) is 19.9 Å². The molecule has 1 amide bonds. The number of nitrogens with one attached hydrogen (secondary N) is 2. The van der Waals surface area contributed by atoms with Gasteiger partial charge in [-0.15, -0.1) is 0 Å². The summed E-state index contributed by atoms with van der Waals surface area (Å²) < 4.78 is 65.4. The molecule has 9 nitrogen and oxygen atoms in total. The molecule has 2 aromatic rings. The number of rotatable bonds is 5. The van der Waals surface area contributed by atoms with E-state index in [0.29, 0.717) is 11.1 Å². The number of aryl methyl sites for hydroxylation is 1. The molecule has 2 heterocycles. The lowest BCUT2D eigenvalue weighted by atomic mass is 9.85. The van der Waals surface area contributed by atoms with Crippen LogP contribution in [0.2, 0.25) is 0 Å². The fourth-order valence-corrected chi connectivity index (χ4v) is 6.49. The highest BCUT2D eigenvalue weighted by Gasteiger charge is 2.47. The maximum atomic E-state index is 13.8. The number of sulfonamides is 1. The molecule has 3 N–H and O–H groups in total. The van der Waals surface area contributed by atoms with Crippen LogP contribution in [0.4, 0.5) is 15.8 Å². The lowest BCUT2D eigenvalue weighted by molar-refractivity contribution is -0.129. The lowest BCUT2D eigenvalue weighted by Gasteiger charge is -2.35. The minimum atomic E-state index is -4.11. The third kappa shape index (κ3) is 5.21. The van der Waals surface area contributed by atoms with Crippen LogP contribution in [0.1, 0.15) is 31.9 Å². The fourth-order valence-electron chi connectivity index (χ4n) is 4.60. The highest BCUT2D eigenvalue weighted by atomic mass is 32.2. The van der Waals surface area contributed by atoms with Gasteiger partial charge < -0.3 is 15.3 Å². The van der Waals surface area contributed by atoms with Crippen LogP contribution >= 0.6 is 0 Å². The van der Waals surface area contributed by atoms with Gasteiger partial charge in [0.15, 0.2) is 0 Å². The molecule has 0 saturated carbocycles. The van der Waals surface area contributed by atoms with Crippen molar-refractivity contribution < 1.29 is 31.1 Å². The first-order valence-electron chi connectivity index (χ1n) is 11.3. The number of aliphatic hydroxyl groups excluding tert-OH is 1. The van der Waals surface area contributed by atoms with E-state index in [1.165, 1.54) is 29.2 Å². The molecule has 4 rings (SSSR count). The topological polar surface area (TPSA) is 133 Å². The van der Waals surface area contributed by atoms with Gasteiger partial charge in [0.1, 0.15) is 17.1 Å². The van der Waals surface area contributed by atoms with Crippen molar-refractivity contribution in [1.29, 1.82) is 0 Å². The molecule has 0 radical (unpaired) electrons. The first-order valence-corrected chi connectivity index (χ1v) is 14.8. The Morgan fingerprint density at radius 2 is 1.84 bits per heavy atom. The molecule has 0 bridgehead atoms. The lowest BCUT2D eigenvalue weighted by Crippen LogP contribution is -2.43. The fraction of sp³-hybridized carbons (Fsp3) is 0.320. The molecular formula is C25H28FN3O6S2. The number of sulfone groups is 1. The number of fused-ring (bicyclic) bond motifs is 1. The molecule has 0 saturated heterocycles. The Balaban J connectivity index is 1.75. The van der Waals surface area contributed by atoms with E-state index in [1.807, 2.05) is 20.8 Å². The van der Waals surface area contributed by atoms with E-state index in [4.69, 9.17) is 0 Å². The summed E-state index contributed by atoms with van der Waals surface area (Å²) in [6.45, 7) is 7.23. The van der Waals surface area contributed by atoms with Crippen molar-refractivity contribution in [3.05, 3.63) is 75.8 Å². The Hall–Kier alpha value is -3.38. The minimum Gasteiger partial charge on any atom is -0.509 e. The van der Waals surface area contributed by atoms with Crippen LogP contribution in [0.15, 0.2) is 63.7 Å². The van der Waals surface area contributed by atoms with Crippen LogP contribution in [0.5, 0.6) is 0 Å². The molecule has 1 atom stereocenters. The van der Waals surface area contributed by atoms with Crippen LogP contribution in [0, 0.1) is 18.2 Å². The Labute approximate surface area is 215 Å². The second-order valence-electron chi connectivity index (χ2n) is 10.3. The third-order valence-corrected chi connectivity index (χ3v) is 8.20. The van der Waals surface area contributed by atoms with E-state index in [0.717, 1.165) is 11.7 Å². The van der Waals surface area contributed by atoms with E-state index >= 15 is 0 Å². The SMILES string of the molecule is Cc1cc(CN2C(=O)C(C3=CS(=O)(=O)c4cc(NS(C)(=O)=O)ccc4N3)=C(O)C2C(C)(C)C)ccc1F. The molecule has 0 fully saturated rings. The highest BCUT2D eigenvalue weighted by Crippen LogP contribution is 2.42. The Morgan fingerprint density at radius 3 is 2.43 bits per heavy atom. The molecule has 0 aliphatic carbocycles. The number of benzene rings is 2. The van der Waals surface area contributed by atoms with Crippen molar-refractivity contribution in [3.63, 3.8) is 0 Å². The highest BCUT2D eigenvalue weighted by molar-refractivity contribution is 7.94. The molecule has 1 unspecified atom stereocenters. The largest absolute Gasteiger partial charge is 0.509 e. The zero-order valence-electron chi connectivity index (χ0n) is 21.0. The van der Waals surface area contributed by atoms with E-state index in [2.05, 4.69) is 10.0 Å². The molecular weight excluding hydrogens is 521 g/mol. The van der Waals surface area contributed by atoms with E-state index in [9.17, 15) is 31.1 Å². The van der Waals surface area contributed by atoms with Crippen molar-refractivity contribution in [2.24, 2.45) is 5.41 Å². The summed E-state index contributed by atoms with van der Waals surface area (Å²) in [6, 6.07) is 7.67. The molecule has 0 spiro atoms. The molecule has 0 aromatic heterocycles. The Morgan fingerprint density at radius 1 is 1.16 bits per heavy atom. The zero-order valence-corrected chi connectivity index (χ0v) is 22.6. The summed E-state index contributed by atoms with van der Waals surface area (Å²) in [7, 11) is -7.74. The average molecular weight is 550 g/mol. The molecule has 2 aromatic carbocycles. The molecule has 37 heavy (non-hydrogen) atoms. The number of aliphatic hydroxyl groups is 1. The van der Waals surface area contributed by atoms with Crippen LogP contribution < -0.4 is 10.0 Å². The summed E-state index contributed by atoms with van der Waals surface area (Å²) in [6.07, 6.45) is 0.947. The van der Waals surface area contributed by atoms with Gasteiger partial charge in [0, 0.05) is 12.2 Å². The molecule has 198 valence electrons. The maximum absolute atomic E-state index is 13.8. The number of amides is 1. The van der Waals surface area contributed by atoms with E-state index in [1.54, 1.807) is 19.1 Å². The standard InChI is InChI=1S/C25H28FN3O6S2/c1-14-10-15(6-8-17(14)26)12-29-23(25(2,3)4)22(30)21(24(29)31)19-13-37(34,35)20-11-16(28-36(5,32)33)7-9-18(20)27-19/h6-11,13,23,27-28,30H,12H2,1-5H3. The van der Waals surface area contributed by atoms with E-state index in [-0.39, 0.29) is 45.7 Å². The monoisotopic (exact) mass is 549 g/mol. The van der Waals surface area contributed by atoms with Gasteiger partial charge in [-0.25, -0.2) is 21.2 Å². The van der Waals surface area contributed by atoms with Gasteiger partial charge in [-0.05, 0) is 47.7 Å². The smallest absolute Gasteiger partial charge is 0.260 e. The molecule has 2 aliphatic heterocycles. The summed E-state index contributed by atoms with van der Waals surface area (Å²) in [5.74, 6) is -1.22. The number of carbonyl (C=O) groups is 1. The predicted molar refractivity (Wildman–Crippen MR) is 138 cm³/mol. The van der Waals surface area contributed by atoms with Crippen LogP contribution in [-0.4, -0.2) is 45.0 Å². The number of anilines is 2. The third-order valence-electron chi connectivity index (χ3n) is 6.10. The quantitative estimate of drug-likeness (QED) is 0.517. The average Bonchev–Trinajstić information content (AvgIpc) is 2.99. The number of hydrogen-bond acceptors (Lipinski definition) is 7. The normalized spacial score (nSPS) is 19.4. The van der Waals surface area contributed by atoms with Crippen molar-refractivity contribution in [2.45, 2.75) is 45.2 Å². The number of nitrogens with zero attached hydrogens (tertiary/aromatic N) is 1. The summed E-state index contributed by atoms with van der Waals surface area (Å²) in [5.41, 5.74) is 0.384. The van der Waals surface area contributed by atoms with Gasteiger partial charge in [-0.3, -0.25) is 9.52 Å². The number of carbonyl (C=O) groups excluding carboxylic acids is 1. The molecule has 12 heteroatoms. The van der Waals surface area contributed by atoms with Crippen molar-refractivity contribution in [1.82, 2.24) is 4.90 Å². The van der Waals surface area contributed by atoms with Crippen LogP contribution in [0.25, 0.3) is 0 Å². The first-order chi connectivity index (χ1) is 17.0. The number of halogens is 1. The van der Waals surface area contributed by atoms with E-state index < -0.39 is 37.2 Å². The summed E-state index contributed by atoms with van der Waals surface area (Å²) in [5, 5.41) is 15.0. The van der Waals surface area contributed by atoms with Gasteiger partial charge >= 0.3 is 0 Å². The second-order valence-corrected chi connectivity index (χ2v) is 13.8. The minimum absolute atomic E-state index is 0.0658. The van der Waals surface area contributed by atoms with Gasteiger partial charge in [-0.1, -0.05) is 32.9 Å². The van der Waals surface area contributed by atoms with Crippen molar-refractivity contribution in [3.8, 4) is 0 Å². The Bertz CT molecular complexity index is 1590. The predicted octanol–water partition coefficient (Wildman–Crippen LogP) is 3.82. The van der Waals surface area contributed by atoms with Crippen molar-refractivity contribution in [2.75, 3.05) is 16.3 Å². The van der Waals surface area contributed by atoms with Gasteiger partial charge in [-0.2, -0.15) is 0 Å². The second kappa shape index (κ2) is 8.88. The zero-order chi connectivity index (χ0) is 27.5.